The fourth-order valence-electron chi connectivity index (χ4n) is 1.62. The van der Waals surface area contributed by atoms with Crippen molar-refractivity contribution in [2.75, 3.05) is 5.32 Å². The van der Waals surface area contributed by atoms with E-state index in [1.807, 2.05) is 55.5 Å². The summed E-state index contributed by atoms with van der Waals surface area (Å²) < 4.78 is 1.04. The molecule has 0 unspecified atom stereocenters. The molecule has 106 valence electrons. The zero-order chi connectivity index (χ0) is 13.7. The van der Waals surface area contributed by atoms with Gasteiger partial charge in [0.15, 0.2) is 5.96 Å². The van der Waals surface area contributed by atoms with Crippen molar-refractivity contribution in [3.8, 4) is 0 Å². The molecule has 5 heteroatoms. The number of aryl methyl sites for hydroxylation is 1. The van der Waals surface area contributed by atoms with Crippen LogP contribution in [0.5, 0.6) is 0 Å². The van der Waals surface area contributed by atoms with Gasteiger partial charge in [0.1, 0.15) is 0 Å². The van der Waals surface area contributed by atoms with Gasteiger partial charge in [-0.15, -0.1) is 24.0 Å². The monoisotopic (exact) mass is 445 g/mol. The van der Waals surface area contributed by atoms with Crippen molar-refractivity contribution in [1.29, 1.82) is 0 Å². The Bertz CT molecular complexity index is 582. The number of nitrogens with zero attached hydrogens (tertiary/aromatic N) is 1. The van der Waals surface area contributed by atoms with Gasteiger partial charge in [0.2, 0.25) is 0 Å². The van der Waals surface area contributed by atoms with E-state index in [-0.39, 0.29) is 24.0 Å². The molecule has 0 aromatic heterocycles. The summed E-state index contributed by atoms with van der Waals surface area (Å²) in [4.78, 5) is 4.33. The van der Waals surface area contributed by atoms with Crippen LogP contribution in [0.2, 0.25) is 0 Å². The molecule has 3 N–H and O–H groups in total. The molecule has 3 nitrogen and oxygen atoms in total. The standard InChI is InChI=1S/C15H16BrN3.HI/c1-11-6-8-13(9-7-11)19-15(17)18-10-12-4-2-3-5-14(12)16;/h2-9H,10H2,1H3,(H3,17,18,19);1H. The van der Waals surface area contributed by atoms with Gasteiger partial charge in [-0.2, -0.15) is 0 Å². The Hall–Kier alpha value is -1.08. The number of nitrogens with two attached hydrogens (primary N) is 1. The summed E-state index contributed by atoms with van der Waals surface area (Å²) in [5.74, 6) is 0.416. The van der Waals surface area contributed by atoms with Gasteiger partial charge in [0, 0.05) is 10.2 Å². The molecule has 0 aliphatic carbocycles. The maximum absolute atomic E-state index is 5.87. The third kappa shape index (κ3) is 5.13. The molecule has 0 spiro atoms. The van der Waals surface area contributed by atoms with Crippen LogP contribution in [0.1, 0.15) is 11.1 Å². The number of aliphatic imine (C=N–C) groups is 1. The molecule has 0 fully saturated rings. The summed E-state index contributed by atoms with van der Waals surface area (Å²) in [5.41, 5.74) is 9.13. The van der Waals surface area contributed by atoms with Crippen LogP contribution in [-0.2, 0) is 6.54 Å². The predicted octanol–water partition coefficient (Wildman–Crippen LogP) is 4.30. The Morgan fingerprint density at radius 3 is 2.45 bits per heavy atom. The Kier molecular flexibility index (Phi) is 7.01. The number of rotatable bonds is 3. The Labute approximate surface area is 144 Å². The van der Waals surface area contributed by atoms with Gasteiger partial charge in [-0.05, 0) is 30.7 Å². The van der Waals surface area contributed by atoms with E-state index in [0.717, 1.165) is 15.7 Å². The smallest absolute Gasteiger partial charge is 0.193 e. The molecule has 20 heavy (non-hydrogen) atoms. The van der Waals surface area contributed by atoms with E-state index in [0.29, 0.717) is 12.5 Å². The van der Waals surface area contributed by atoms with Gasteiger partial charge in [-0.1, -0.05) is 51.8 Å². The van der Waals surface area contributed by atoms with Crippen LogP contribution in [0.4, 0.5) is 5.69 Å². The second-order valence-corrected chi connectivity index (χ2v) is 5.14. The SMILES string of the molecule is Cc1ccc(NC(N)=NCc2ccccc2Br)cc1.I. The molecule has 0 aliphatic heterocycles. The van der Waals surface area contributed by atoms with Crippen LogP contribution in [0.15, 0.2) is 58.0 Å². The highest BCUT2D eigenvalue weighted by atomic mass is 127. The van der Waals surface area contributed by atoms with E-state index in [4.69, 9.17) is 5.73 Å². The van der Waals surface area contributed by atoms with E-state index in [1.165, 1.54) is 5.56 Å². The third-order valence-electron chi connectivity index (χ3n) is 2.70. The molecule has 2 rings (SSSR count). The zero-order valence-electron chi connectivity index (χ0n) is 11.1. The second-order valence-electron chi connectivity index (χ2n) is 4.28. The molecule has 2 aromatic rings. The van der Waals surface area contributed by atoms with E-state index in [1.54, 1.807) is 0 Å². The summed E-state index contributed by atoms with van der Waals surface area (Å²) in [6.45, 7) is 2.60. The van der Waals surface area contributed by atoms with Crippen molar-refractivity contribution in [1.82, 2.24) is 0 Å². The van der Waals surface area contributed by atoms with E-state index >= 15 is 0 Å². The zero-order valence-corrected chi connectivity index (χ0v) is 15.1. The van der Waals surface area contributed by atoms with Gasteiger partial charge in [0.25, 0.3) is 0 Å². The molecule has 0 radical (unpaired) electrons. The first-order chi connectivity index (χ1) is 9.15. The average Bonchev–Trinajstić information content (AvgIpc) is 2.40. The summed E-state index contributed by atoms with van der Waals surface area (Å²) in [6.07, 6.45) is 0. The number of nitrogens with one attached hydrogen (secondary N) is 1. The van der Waals surface area contributed by atoms with Gasteiger partial charge in [-0.25, -0.2) is 4.99 Å². The molecule has 0 aliphatic rings. The molecule has 2 aromatic carbocycles. The molecule has 0 bridgehead atoms. The van der Waals surface area contributed by atoms with Crippen molar-refractivity contribution in [3.05, 3.63) is 64.1 Å². The van der Waals surface area contributed by atoms with Crippen LogP contribution < -0.4 is 11.1 Å². The van der Waals surface area contributed by atoms with Crippen molar-refractivity contribution < 1.29 is 0 Å². The molecule has 0 saturated heterocycles. The Morgan fingerprint density at radius 1 is 1.15 bits per heavy atom. The first-order valence-corrected chi connectivity index (χ1v) is 6.81. The second kappa shape index (κ2) is 8.26. The predicted molar refractivity (Wildman–Crippen MR) is 99.7 cm³/mol. The number of anilines is 1. The van der Waals surface area contributed by atoms with Crippen LogP contribution in [0.3, 0.4) is 0 Å². The van der Waals surface area contributed by atoms with Gasteiger partial charge in [-0.3, -0.25) is 0 Å². The third-order valence-corrected chi connectivity index (χ3v) is 3.48. The van der Waals surface area contributed by atoms with E-state index in [9.17, 15) is 0 Å². The van der Waals surface area contributed by atoms with E-state index in [2.05, 4.69) is 26.2 Å². The number of benzene rings is 2. The van der Waals surface area contributed by atoms with Crippen LogP contribution in [-0.4, -0.2) is 5.96 Å². The van der Waals surface area contributed by atoms with Crippen molar-refractivity contribution in [2.24, 2.45) is 10.7 Å². The summed E-state index contributed by atoms with van der Waals surface area (Å²) >= 11 is 3.49. The maximum atomic E-state index is 5.87. The van der Waals surface area contributed by atoms with Crippen LogP contribution in [0.25, 0.3) is 0 Å². The Morgan fingerprint density at radius 2 is 1.80 bits per heavy atom. The largest absolute Gasteiger partial charge is 0.370 e. The summed E-state index contributed by atoms with van der Waals surface area (Å²) in [6, 6.07) is 16.0. The van der Waals surface area contributed by atoms with Crippen LogP contribution in [0, 0.1) is 6.92 Å². The number of hydrogen-bond donors (Lipinski definition) is 2. The lowest BCUT2D eigenvalue weighted by Crippen LogP contribution is -2.22. The molecule has 0 atom stereocenters. The minimum Gasteiger partial charge on any atom is -0.370 e. The topological polar surface area (TPSA) is 50.4 Å². The first-order valence-electron chi connectivity index (χ1n) is 6.02. The minimum atomic E-state index is 0. The van der Waals surface area contributed by atoms with E-state index < -0.39 is 0 Å². The molecular weight excluding hydrogens is 429 g/mol. The lowest BCUT2D eigenvalue weighted by atomic mass is 10.2. The highest BCUT2D eigenvalue weighted by molar-refractivity contribution is 14.0. The maximum Gasteiger partial charge on any atom is 0.193 e. The highest BCUT2D eigenvalue weighted by Crippen LogP contribution is 2.16. The lowest BCUT2D eigenvalue weighted by Gasteiger charge is -2.06. The average molecular weight is 446 g/mol. The number of guanidine groups is 1. The van der Waals surface area contributed by atoms with Gasteiger partial charge < -0.3 is 11.1 Å². The molecular formula is C15H17BrIN3. The molecule has 0 saturated carbocycles. The molecule has 0 amide bonds. The van der Waals surface area contributed by atoms with Crippen LogP contribution >= 0.6 is 39.9 Å². The fourth-order valence-corrected chi connectivity index (χ4v) is 2.03. The summed E-state index contributed by atoms with van der Waals surface area (Å²) in [7, 11) is 0. The highest BCUT2D eigenvalue weighted by Gasteiger charge is 1.98. The van der Waals surface area contributed by atoms with Crippen molar-refractivity contribution in [2.45, 2.75) is 13.5 Å². The fraction of sp³-hybridized carbons (Fsp3) is 0.133. The minimum absolute atomic E-state index is 0. The summed E-state index contributed by atoms with van der Waals surface area (Å²) in [5, 5.41) is 3.07. The quantitative estimate of drug-likeness (QED) is 0.420. The lowest BCUT2D eigenvalue weighted by molar-refractivity contribution is 1.05. The van der Waals surface area contributed by atoms with Gasteiger partial charge >= 0.3 is 0 Å². The normalized spacial score (nSPS) is 10.8. The van der Waals surface area contributed by atoms with Crippen molar-refractivity contribution >= 4 is 51.6 Å². The Balaban J connectivity index is 0.00000200. The van der Waals surface area contributed by atoms with Gasteiger partial charge in [0.05, 0.1) is 6.54 Å². The number of hydrogen-bond acceptors (Lipinski definition) is 1. The number of halogens is 2. The molecule has 0 heterocycles. The van der Waals surface area contributed by atoms with Crippen molar-refractivity contribution in [3.63, 3.8) is 0 Å². The first kappa shape index (κ1) is 17.0.